The second kappa shape index (κ2) is 6.91. The van der Waals surface area contributed by atoms with Crippen molar-refractivity contribution >= 4 is 0 Å². The maximum Gasteiger partial charge on any atom is 0.0345 e. The molecule has 110 valence electrons. The van der Waals surface area contributed by atoms with Gasteiger partial charge in [0.05, 0.1) is 0 Å². The molecule has 2 heteroatoms. The predicted octanol–water partition coefficient (Wildman–Crippen LogP) is 3.50. The first-order valence-corrected chi connectivity index (χ1v) is 7.58. The Morgan fingerprint density at radius 3 is 1.00 bits per heavy atom. The van der Waals surface area contributed by atoms with Gasteiger partial charge in [0.25, 0.3) is 0 Å². The van der Waals surface area contributed by atoms with Crippen LogP contribution in [0.5, 0.6) is 0 Å². The van der Waals surface area contributed by atoms with Crippen LogP contribution in [0.1, 0.15) is 55.4 Å². The molecule has 0 heterocycles. The van der Waals surface area contributed by atoms with Crippen molar-refractivity contribution in [2.24, 2.45) is 47.0 Å². The number of nitrogens with two attached hydrogens (primary N) is 2. The summed E-state index contributed by atoms with van der Waals surface area (Å²) in [4.78, 5) is 0. The van der Waals surface area contributed by atoms with Crippen LogP contribution in [0.15, 0.2) is 0 Å². The molecule has 0 radical (unpaired) electrons. The third-order valence-electron chi connectivity index (χ3n) is 4.47. The van der Waals surface area contributed by atoms with Gasteiger partial charge in [0.15, 0.2) is 0 Å². The minimum atomic E-state index is -0.259. The first-order valence-electron chi connectivity index (χ1n) is 7.58. The predicted molar refractivity (Wildman–Crippen MR) is 82.3 cm³/mol. The quantitative estimate of drug-likeness (QED) is 0.732. The van der Waals surface area contributed by atoms with Crippen LogP contribution in [0.3, 0.4) is 0 Å². The van der Waals surface area contributed by atoms with Gasteiger partial charge in [-0.3, -0.25) is 0 Å². The van der Waals surface area contributed by atoms with Crippen LogP contribution >= 0.6 is 0 Å². The van der Waals surface area contributed by atoms with Gasteiger partial charge in [-0.15, -0.1) is 0 Å². The zero-order valence-electron chi connectivity index (χ0n) is 13.8. The molecule has 0 spiro atoms. The molecule has 0 aromatic heterocycles. The van der Waals surface area contributed by atoms with Crippen LogP contribution in [0.4, 0.5) is 0 Å². The van der Waals surface area contributed by atoms with Crippen molar-refractivity contribution in [1.82, 2.24) is 0 Å². The van der Waals surface area contributed by atoms with E-state index in [0.717, 1.165) is 0 Å². The average Bonchev–Trinajstić information content (AvgIpc) is 2.14. The topological polar surface area (TPSA) is 52.0 Å². The van der Waals surface area contributed by atoms with Gasteiger partial charge in [-0.1, -0.05) is 55.4 Å². The molecule has 0 aromatic rings. The zero-order chi connectivity index (χ0) is 14.7. The highest BCUT2D eigenvalue weighted by Crippen LogP contribution is 2.41. The van der Waals surface area contributed by atoms with Gasteiger partial charge in [0.2, 0.25) is 0 Å². The fourth-order valence-corrected chi connectivity index (χ4v) is 4.52. The van der Waals surface area contributed by atoms with E-state index in [1.807, 2.05) is 0 Å². The lowest BCUT2D eigenvalue weighted by Gasteiger charge is -2.50. The molecule has 0 rings (SSSR count). The Bertz CT molecular complexity index is 195. The van der Waals surface area contributed by atoms with Crippen LogP contribution in [-0.2, 0) is 0 Å². The summed E-state index contributed by atoms with van der Waals surface area (Å²) in [7, 11) is 0. The maximum atomic E-state index is 6.86. The van der Waals surface area contributed by atoms with Crippen LogP contribution in [0.2, 0.25) is 0 Å². The van der Waals surface area contributed by atoms with E-state index in [1.165, 1.54) is 0 Å². The second-order valence-corrected chi connectivity index (χ2v) is 7.34. The largest absolute Gasteiger partial charge is 0.329 e. The molecule has 18 heavy (non-hydrogen) atoms. The van der Waals surface area contributed by atoms with Gasteiger partial charge in [-0.25, -0.2) is 0 Å². The first kappa shape index (κ1) is 17.9. The fourth-order valence-electron chi connectivity index (χ4n) is 4.52. The third-order valence-corrected chi connectivity index (χ3v) is 4.47. The van der Waals surface area contributed by atoms with E-state index < -0.39 is 0 Å². The van der Waals surface area contributed by atoms with Crippen LogP contribution in [-0.4, -0.2) is 12.1 Å². The molecule has 0 unspecified atom stereocenters. The Balaban J connectivity index is 5.53. The highest BCUT2D eigenvalue weighted by atomic mass is 14.9. The molecule has 0 amide bonds. The summed E-state index contributed by atoms with van der Waals surface area (Å²) in [6, 6.07) is 0. The van der Waals surface area contributed by atoms with Crippen molar-refractivity contribution in [2.75, 3.05) is 6.54 Å². The van der Waals surface area contributed by atoms with Gasteiger partial charge in [0, 0.05) is 12.1 Å². The summed E-state index contributed by atoms with van der Waals surface area (Å²) in [5.41, 5.74) is 12.7. The summed E-state index contributed by atoms with van der Waals surface area (Å²) >= 11 is 0. The Morgan fingerprint density at radius 2 is 0.889 bits per heavy atom. The molecular weight excluding hydrogens is 220 g/mol. The van der Waals surface area contributed by atoms with Gasteiger partial charge in [-0.05, 0) is 35.5 Å². The molecule has 0 aliphatic rings. The lowest BCUT2D eigenvalue weighted by Crippen LogP contribution is -2.63. The summed E-state index contributed by atoms with van der Waals surface area (Å²) in [5.74, 6) is 3.21. The molecule has 0 aliphatic heterocycles. The maximum absolute atomic E-state index is 6.86. The Hall–Kier alpha value is -0.0800. The van der Waals surface area contributed by atoms with Crippen molar-refractivity contribution < 1.29 is 0 Å². The molecule has 0 saturated heterocycles. The smallest absolute Gasteiger partial charge is 0.0345 e. The SMILES string of the molecule is CC(C)C(C(C)C)C(N)(CN)C(C(C)C)C(C)C. The molecular formula is C16H36N2. The number of hydrogen-bond acceptors (Lipinski definition) is 2. The van der Waals surface area contributed by atoms with E-state index in [4.69, 9.17) is 11.5 Å². The zero-order valence-corrected chi connectivity index (χ0v) is 13.8. The summed E-state index contributed by atoms with van der Waals surface area (Å²) in [5, 5.41) is 0. The number of rotatable bonds is 7. The van der Waals surface area contributed by atoms with E-state index in [-0.39, 0.29) is 5.54 Å². The van der Waals surface area contributed by atoms with E-state index in [1.54, 1.807) is 0 Å². The standard InChI is InChI=1S/C16H36N2/c1-10(2)14(11(3)4)16(18,9-17)15(12(5)6)13(7)8/h10-15H,9,17-18H2,1-8H3. The van der Waals surface area contributed by atoms with E-state index >= 15 is 0 Å². The van der Waals surface area contributed by atoms with Crippen molar-refractivity contribution in [3.05, 3.63) is 0 Å². The molecule has 4 N–H and O–H groups in total. The van der Waals surface area contributed by atoms with Gasteiger partial charge >= 0.3 is 0 Å². The molecule has 2 nitrogen and oxygen atoms in total. The van der Waals surface area contributed by atoms with Crippen LogP contribution < -0.4 is 11.5 Å². The normalized spacial score (nSPS) is 14.0. The van der Waals surface area contributed by atoms with Crippen molar-refractivity contribution in [2.45, 2.75) is 60.9 Å². The molecule has 0 atom stereocenters. The number of hydrogen-bond donors (Lipinski definition) is 2. The minimum absolute atomic E-state index is 0.259. The van der Waals surface area contributed by atoms with E-state index in [9.17, 15) is 0 Å². The minimum Gasteiger partial charge on any atom is -0.329 e. The van der Waals surface area contributed by atoms with Gasteiger partial charge in [-0.2, -0.15) is 0 Å². The highest BCUT2D eigenvalue weighted by molar-refractivity contribution is 5.02. The second-order valence-electron chi connectivity index (χ2n) is 7.34. The lowest BCUT2D eigenvalue weighted by atomic mass is 9.60. The highest BCUT2D eigenvalue weighted by Gasteiger charge is 2.45. The van der Waals surface area contributed by atoms with Gasteiger partial charge < -0.3 is 11.5 Å². The molecule has 0 aromatic carbocycles. The molecule has 0 saturated carbocycles. The Labute approximate surface area is 115 Å². The third kappa shape index (κ3) is 3.71. The summed E-state index contributed by atoms with van der Waals surface area (Å²) < 4.78 is 0. The van der Waals surface area contributed by atoms with Crippen LogP contribution in [0.25, 0.3) is 0 Å². The lowest BCUT2D eigenvalue weighted by molar-refractivity contribution is 0.0472. The van der Waals surface area contributed by atoms with Crippen molar-refractivity contribution in [1.29, 1.82) is 0 Å². The summed E-state index contributed by atoms with van der Waals surface area (Å²) in [6.07, 6.45) is 0. The molecule has 0 aliphatic carbocycles. The Kier molecular flexibility index (Phi) is 6.87. The molecule has 0 fully saturated rings. The average molecular weight is 256 g/mol. The van der Waals surface area contributed by atoms with E-state index in [0.29, 0.717) is 42.1 Å². The van der Waals surface area contributed by atoms with Crippen LogP contribution in [0, 0.1) is 35.5 Å². The first-order chi connectivity index (χ1) is 8.09. The molecule has 0 bridgehead atoms. The van der Waals surface area contributed by atoms with Crippen molar-refractivity contribution in [3.63, 3.8) is 0 Å². The van der Waals surface area contributed by atoms with E-state index in [2.05, 4.69) is 55.4 Å². The van der Waals surface area contributed by atoms with Gasteiger partial charge in [0.1, 0.15) is 0 Å². The Morgan fingerprint density at radius 1 is 0.667 bits per heavy atom. The fraction of sp³-hybridized carbons (Fsp3) is 1.00. The van der Waals surface area contributed by atoms with Crippen molar-refractivity contribution in [3.8, 4) is 0 Å². The monoisotopic (exact) mass is 256 g/mol. The summed E-state index contributed by atoms with van der Waals surface area (Å²) in [6.45, 7) is 18.8.